The molecule has 0 N–H and O–H groups in total. The SMILES string of the molecule is CCCCN(C(=O)c1ccc(C)cc1)C(C)c1nc2ccccc2c(=O)n1-c1ccccc1. The number of rotatable bonds is 7. The lowest BCUT2D eigenvalue weighted by Gasteiger charge is -2.30. The van der Waals surface area contributed by atoms with Crippen LogP contribution in [0, 0.1) is 6.92 Å². The minimum Gasteiger partial charge on any atom is -0.329 e. The van der Waals surface area contributed by atoms with Crippen LogP contribution in [0.1, 0.15) is 54.5 Å². The normalized spacial score (nSPS) is 12.0. The van der Waals surface area contributed by atoms with Gasteiger partial charge in [0, 0.05) is 12.1 Å². The number of fused-ring (bicyclic) bond motifs is 1. The fraction of sp³-hybridized carbons (Fsp3) is 0.250. The predicted molar refractivity (Wildman–Crippen MR) is 133 cm³/mol. The lowest BCUT2D eigenvalue weighted by Crippen LogP contribution is -2.38. The molecular formula is C28H29N3O2. The smallest absolute Gasteiger partial charge is 0.266 e. The molecule has 0 spiro atoms. The van der Waals surface area contributed by atoms with E-state index in [0.29, 0.717) is 28.8 Å². The van der Waals surface area contributed by atoms with Crippen LogP contribution in [0.25, 0.3) is 16.6 Å². The Morgan fingerprint density at radius 2 is 1.64 bits per heavy atom. The number of aryl methyl sites for hydroxylation is 1. The van der Waals surface area contributed by atoms with E-state index in [-0.39, 0.29) is 11.5 Å². The minimum absolute atomic E-state index is 0.0574. The molecule has 0 radical (unpaired) electrons. The van der Waals surface area contributed by atoms with Gasteiger partial charge in [0.1, 0.15) is 5.82 Å². The number of carbonyl (C=O) groups excluding carboxylic acids is 1. The average Bonchev–Trinajstić information content (AvgIpc) is 2.85. The lowest BCUT2D eigenvalue weighted by molar-refractivity contribution is 0.0678. The van der Waals surface area contributed by atoms with Crippen LogP contribution in [0.5, 0.6) is 0 Å². The van der Waals surface area contributed by atoms with Crippen molar-refractivity contribution in [1.29, 1.82) is 0 Å². The van der Waals surface area contributed by atoms with Gasteiger partial charge in [0.2, 0.25) is 0 Å². The number of para-hydroxylation sites is 2. The van der Waals surface area contributed by atoms with Crippen LogP contribution in [0.4, 0.5) is 0 Å². The summed E-state index contributed by atoms with van der Waals surface area (Å²) in [4.78, 5) is 33.9. The van der Waals surface area contributed by atoms with Gasteiger partial charge in [-0.25, -0.2) is 4.98 Å². The van der Waals surface area contributed by atoms with Crippen molar-refractivity contribution in [2.24, 2.45) is 0 Å². The van der Waals surface area contributed by atoms with E-state index in [1.807, 2.05) is 91.5 Å². The molecule has 1 heterocycles. The van der Waals surface area contributed by atoms with E-state index in [9.17, 15) is 9.59 Å². The maximum Gasteiger partial charge on any atom is 0.266 e. The van der Waals surface area contributed by atoms with Crippen molar-refractivity contribution in [3.05, 3.63) is 106 Å². The van der Waals surface area contributed by atoms with Gasteiger partial charge in [-0.15, -0.1) is 0 Å². The predicted octanol–water partition coefficient (Wildman–Crippen LogP) is 5.70. The molecular weight excluding hydrogens is 410 g/mol. The Balaban J connectivity index is 1.88. The number of unbranched alkanes of at least 4 members (excludes halogenated alkanes) is 1. The molecule has 1 aromatic heterocycles. The lowest BCUT2D eigenvalue weighted by atomic mass is 10.1. The molecule has 0 bridgehead atoms. The van der Waals surface area contributed by atoms with Crippen molar-refractivity contribution < 1.29 is 4.79 Å². The maximum absolute atomic E-state index is 13.6. The first-order valence-corrected chi connectivity index (χ1v) is 11.5. The first-order chi connectivity index (χ1) is 16.0. The second-order valence-corrected chi connectivity index (χ2v) is 8.36. The highest BCUT2D eigenvalue weighted by molar-refractivity contribution is 5.94. The number of aromatic nitrogens is 2. The second-order valence-electron chi connectivity index (χ2n) is 8.36. The van der Waals surface area contributed by atoms with Crippen LogP contribution in [0.15, 0.2) is 83.7 Å². The Hall–Kier alpha value is -3.73. The molecule has 0 aliphatic rings. The van der Waals surface area contributed by atoms with Crippen LogP contribution in [0.2, 0.25) is 0 Å². The van der Waals surface area contributed by atoms with E-state index >= 15 is 0 Å². The summed E-state index contributed by atoms with van der Waals surface area (Å²) in [5.74, 6) is 0.499. The standard InChI is InChI=1S/C28H29N3O2/c1-4-5-19-30(27(32)22-17-15-20(2)16-18-22)21(3)26-29-25-14-10-9-13-24(25)28(33)31(26)23-11-7-6-8-12-23/h6-18,21H,4-5,19H2,1-3H3. The van der Waals surface area contributed by atoms with Crippen LogP contribution < -0.4 is 5.56 Å². The van der Waals surface area contributed by atoms with Gasteiger partial charge in [-0.1, -0.05) is 61.4 Å². The van der Waals surface area contributed by atoms with Crippen LogP contribution >= 0.6 is 0 Å². The van der Waals surface area contributed by atoms with Gasteiger partial charge in [0.05, 0.1) is 22.6 Å². The maximum atomic E-state index is 13.6. The Morgan fingerprint density at radius 1 is 0.970 bits per heavy atom. The van der Waals surface area contributed by atoms with E-state index < -0.39 is 6.04 Å². The highest BCUT2D eigenvalue weighted by atomic mass is 16.2. The van der Waals surface area contributed by atoms with Crippen molar-refractivity contribution in [3.63, 3.8) is 0 Å². The zero-order valence-corrected chi connectivity index (χ0v) is 19.4. The summed E-state index contributed by atoms with van der Waals surface area (Å²) in [7, 11) is 0. The third kappa shape index (κ3) is 4.58. The molecule has 4 rings (SSSR count). The molecule has 168 valence electrons. The summed E-state index contributed by atoms with van der Waals surface area (Å²) >= 11 is 0. The van der Waals surface area contributed by atoms with Crippen LogP contribution in [-0.4, -0.2) is 26.9 Å². The molecule has 0 saturated carbocycles. The number of carbonyl (C=O) groups is 1. The second kappa shape index (κ2) is 9.82. The molecule has 1 atom stereocenters. The number of amides is 1. The molecule has 1 amide bonds. The third-order valence-electron chi connectivity index (χ3n) is 5.97. The van der Waals surface area contributed by atoms with Gasteiger partial charge in [0.25, 0.3) is 11.5 Å². The molecule has 0 saturated heterocycles. The minimum atomic E-state index is -0.400. The number of benzene rings is 3. The topological polar surface area (TPSA) is 55.2 Å². The van der Waals surface area contributed by atoms with E-state index in [0.717, 1.165) is 24.1 Å². The molecule has 0 aliphatic heterocycles. The molecule has 5 heteroatoms. The van der Waals surface area contributed by atoms with Crippen molar-refractivity contribution in [2.75, 3.05) is 6.54 Å². The summed E-state index contributed by atoms with van der Waals surface area (Å²) in [5.41, 5.74) is 2.98. The summed E-state index contributed by atoms with van der Waals surface area (Å²) in [6, 6.07) is 24.1. The van der Waals surface area contributed by atoms with E-state index in [1.54, 1.807) is 10.6 Å². The molecule has 0 aliphatic carbocycles. The fourth-order valence-electron chi connectivity index (χ4n) is 4.06. The Labute approximate surface area is 194 Å². The summed E-state index contributed by atoms with van der Waals surface area (Å²) in [6.07, 6.45) is 1.83. The van der Waals surface area contributed by atoms with Gasteiger partial charge in [0.15, 0.2) is 0 Å². The Kier molecular flexibility index (Phi) is 6.68. The van der Waals surface area contributed by atoms with Crippen molar-refractivity contribution in [3.8, 4) is 5.69 Å². The van der Waals surface area contributed by atoms with Crippen LogP contribution in [-0.2, 0) is 0 Å². The molecule has 4 aromatic rings. The zero-order chi connectivity index (χ0) is 23.4. The summed E-state index contributed by atoms with van der Waals surface area (Å²) in [5, 5.41) is 0.558. The van der Waals surface area contributed by atoms with E-state index in [1.165, 1.54) is 0 Å². The van der Waals surface area contributed by atoms with Gasteiger partial charge in [-0.3, -0.25) is 14.2 Å². The van der Waals surface area contributed by atoms with Gasteiger partial charge >= 0.3 is 0 Å². The number of hydrogen-bond donors (Lipinski definition) is 0. The third-order valence-corrected chi connectivity index (χ3v) is 5.97. The molecule has 0 fully saturated rings. The molecule has 5 nitrogen and oxygen atoms in total. The molecule has 1 unspecified atom stereocenters. The van der Waals surface area contributed by atoms with Crippen LogP contribution in [0.3, 0.4) is 0 Å². The fourth-order valence-corrected chi connectivity index (χ4v) is 4.06. The monoisotopic (exact) mass is 439 g/mol. The van der Waals surface area contributed by atoms with Crippen molar-refractivity contribution in [2.45, 2.75) is 39.7 Å². The summed E-state index contributed by atoms with van der Waals surface area (Å²) < 4.78 is 1.65. The van der Waals surface area contributed by atoms with E-state index in [4.69, 9.17) is 4.98 Å². The largest absolute Gasteiger partial charge is 0.329 e. The Bertz CT molecular complexity index is 1310. The first kappa shape index (κ1) is 22.5. The molecule has 3 aromatic carbocycles. The highest BCUT2D eigenvalue weighted by Gasteiger charge is 2.27. The molecule has 33 heavy (non-hydrogen) atoms. The van der Waals surface area contributed by atoms with Crippen molar-refractivity contribution >= 4 is 16.8 Å². The van der Waals surface area contributed by atoms with E-state index in [2.05, 4.69) is 6.92 Å². The average molecular weight is 440 g/mol. The summed E-state index contributed by atoms with van der Waals surface area (Å²) in [6.45, 7) is 6.65. The quantitative estimate of drug-likeness (QED) is 0.371. The van der Waals surface area contributed by atoms with Gasteiger partial charge < -0.3 is 4.90 Å². The van der Waals surface area contributed by atoms with Gasteiger partial charge in [-0.05, 0) is 56.7 Å². The van der Waals surface area contributed by atoms with Gasteiger partial charge in [-0.2, -0.15) is 0 Å². The first-order valence-electron chi connectivity index (χ1n) is 11.5. The zero-order valence-electron chi connectivity index (χ0n) is 19.4. The number of nitrogens with zero attached hydrogens (tertiary/aromatic N) is 3. The number of hydrogen-bond acceptors (Lipinski definition) is 3. The van der Waals surface area contributed by atoms with Crippen molar-refractivity contribution in [1.82, 2.24) is 14.5 Å². The Morgan fingerprint density at radius 3 is 2.33 bits per heavy atom. The highest BCUT2D eigenvalue weighted by Crippen LogP contribution is 2.25.